The fourth-order valence-electron chi connectivity index (χ4n) is 2.52. The van der Waals surface area contributed by atoms with Gasteiger partial charge in [0.2, 0.25) is 5.91 Å². The van der Waals surface area contributed by atoms with Crippen LogP contribution in [0.3, 0.4) is 0 Å². The van der Waals surface area contributed by atoms with Crippen LogP contribution in [0.5, 0.6) is 5.75 Å². The average Bonchev–Trinajstić information content (AvgIpc) is 3.51. The van der Waals surface area contributed by atoms with Crippen LogP contribution in [-0.2, 0) is 17.9 Å². The fourth-order valence-corrected chi connectivity index (χ4v) is 2.52. The molecule has 0 radical (unpaired) electrons. The maximum Gasteiger partial charge on any atom is 0.315 e. The second-order valence-corrected chi connectivity index (χ2v) is 6.35. The molecule has 1 saturated carbocycles. The van der Waals surface area contributed by atoms with Crippen LogP contribution in [-0.4, -0.2) is 19.0 Å². The highest BCUT2D eigenvalue weighted by atomic mass is 16.5. The Kier molecular flexibility index (Phi) is 5.73. The number of methoxy groups -OCH3 is 1. The Labute approximate surface area is 152 Å². The van der Waals surface area contributed by atoms with Gasteiger partial charge in [0.1, 0.15) is 5.75 Å². The van der Waals surface area contributed by atoms with Crippen molar-refractivity contribution in [1.82, 2.24) is 10.6 Å². The molecule has 0 aliphatic heterocycles. The molecule has 3 amide bonds. The summed E-state index contributed by atoms with van der Waals surface area (Å²) >= 11 is 0. The van der Waals surface area contributed by atoms with Crippen molar-refractivity contribution in [2.75, 3.05) is 12.4 Å². The van der Waals surface area contributed by atoms with E-state index in [1.165, 1.54) is 0 Å². The van der Waals surface area contributed by atoms with Gasteiger partial charge >= 0.3 is 6.03 Å². The highest BCUT2D eigenvalue weighted by Crippen LogP contribution is 2.30. The summed E-state index contributed by atoms with van der Waals surface area (Å²) in [6.45, 7) is 0.828. The van der Waals surface area contributed by atoms with Crippen LogP contribution < -0.4 is 20.7 Å². The second kappa shape index (κ2) is 8.38. The molecule has 0 aromatic heterocycles. The number of amides is 3. The minimum Gasteiger partial charge on any atom is -0.497 e. The van der Waals surface area contributed by atoms with E-state index in [1.807, 2.05) is 48.5 Å². The lowest BCUT2D eigenvalue weighted by atomic mass is 10.2. The molecule has 0 saturated heterocycles. The van der Waals surface area contributed by atoms with Crippen molar-refractivity contribution < 1.29 is 14.3 Å². The summed E-state index contributed by atoms with van der Waals surface area (Å²) < 4.78 is 5.11. The molecule has 3 N–H and O–H groups in total. The number of benzene rings is 2. The molecule has 0 bridgehead atoms. The SMILES string of the molecule is COc1ccc(CNC(=O)NCc2cccc(NC(=O)C3CC3)c2)cc1. The summed E-state index contributed by atoms with van der Waals surface area (Å²) in [5, 5.41) is 8.55. The summed E-state index contributed by atoms with van der Waals surface area (Å²) in [6, 6.07) is 14.8. The molecule has 0 unspecified atom stereocenters. The standard InChI is InChI=1S/C20H23N3O3/c1-26-18-9-5-14(6-10-18)12-21-20(25)22-13-15-3-2-4-17(11-15)23-19(24)16-7-8-16/h2-6,9-11,16H,7-8,12-13H2,1H3,(H,23,24)(H2,21,22,25). The van der Waals surface area contributed by atoms with E-state index in [4.69, 9.17) is 4.74 Å². The zero-order valence-corrected chi connectivity index (χ0v) is 14.7. The zero-order valence-electron chi connectivity index (χ0n) is 14.7. The van der Waals surface area contributed by atoms with Crippen LogP contribution >= 0.6 is 0 Å². The monoisotopic (exact) mass is 353 g/mol. The van der Waals surface area contributed by atoms with Gasteiger partial charge in [0.05, 0.1) is 7.11 Å². The van der Waals surface area contributed by atoms with Crippen molar-refractivity contribution in [1.29, 1.82) is 0 Å². The smallest absolute Gasteiger partial charge is 0.315 e. The average molecular weight is 353 g/mol. The third-order valence-corrected chi connectivity index (χ3v) is 4.21. The number of urea groups is 1. The number of carbonyl (C=O) groups is 2. The number of carbonyl (C=O) groups excluding carboxylic acids is 2. The molecule has 26 heavy (non-hydrogen) atoms. The number of ether oxygens (including phenoxy) is 1. The van der Waals surface area contributed by atoms with Crippen LogP contribution in [0.15, 0.2) is 48.5 Å². The Morgan fingerprint density at radius 1 is 1.00 bits per heavy atom. The van der Waals surface area contributed by atoms with Gasteiger partial charge in [-0.25, -0.2) is 4.79 Å². The van der Waals surface area contributed by atoms with Gasteiger partial charge in [-0.2, -0.15) is 0 Å². The minimum absolute atomic E-state index is 0.0762. The Balaban J connectivity index is 1.44. The first-order valence-corrected chi connectivity index (χ1v) is 8.68. The third-order valence-electron chi connectivity index (χ3n) is 4.21. The molecule has 2 aromatic rings. The summed E-state index contributed by atoms with van der Waals surface area (Å²) in [5.74, 6) is 1.03. The van der Waals surface area contributed by atoms with E-state index < -0.39 is 0 Å². The van der Waals surface area contributed by atoms with Gasteiger partial charge in [0.25, 0.3) is 0 Å². The quantitative estimate of drug-likeness (QED) is 0.716. The summed E-state index contributed by atoms with van der Waals surface area (Å²) in [6.07, 6.45) is 1.95. The van der Waals surface area contributed by atoms with Crippen LogP contribution in [0.1, 0.15) is 24.0 Å². The molecular formula is C20H23N3O3. The van der Waals surface area contributed by atoms with Crippen molar-refractivity contribution in [3.05, 3.63) is 59.7 Å². The van der Waals surface area contributed by atoms with E-state index in [0.29, 0.717) is 13.1 Å². The Morgan fingerprint density at radius 3 is 2.35 bits per heavy atom. The molecule has 0 atom stereocenters. The van der Waals surface area contributed by atoms with E-state index in [9.17, 15) is 9.59 Å². The normalized spacial score (nSPS) is 13.0. The number of hydrogen-bond donors (Lipinski definition) is 3. The first kappa shape index (κ1) is 17.8. The first-order valence-electron chi connectivity index (χ1n) is 8.68. The topological polar surface area (TPSA) is 79.5 Å². The molecule has 6 heteroatoms. The molecule has 136 valence electrons. The number of rotatable bonds is 7. The molecular weight excluding hydrogens is 330 g/mol. The molecule has 3 rings (SSSR count). The van der Waals surface area contributed by atoms with Crippen molar-refractivity contribution in [2.24, 2.45) is 5.92 Å². The lowest BCUT2D eigenvalue weighted by molar-refractivity contribution is -0.117. The number of hydrogen-bond acceptors (Lipinski definition) is 3. The maximum absolute atomic E-state index is 12.0. The molecule has 0 spiro atoms. The maximum atomic E-state index is 12.0. The van der Waals surface area contributed by atoms with Crippen LogP contribution in [0.4, 0.5) is 10.5 Å². The third kappa shape index (κ3) is 5.24. The highest BCUT2D eigenvalue weighted by molar-refractivity contribution is 5.94. The van der Waals surface area contributed by atoms with Crippen molar-refractivity contribution >= 4 is 17.6 Å². The van der Waals surface area contributed by atoms with E-state index in [0.717, 1.165) is 35.4 Å². The van der Waals surface area contributed by atoms with Gasteiger partial charge in [0.15, 0.2) is 0 Å². The fraction of sp³-hybridized carbons (Fsp3) is 0.300. The molecule has 1 aliphatic rings. The van der Waals surface area contributed by atoms with E-state index in [1.54, 1.807) is 7.11 Å². The zero-order chi connectivity index (χ0) is 18.4. The van der Waals surface area contributed by atoms with Crippen molar-refractivity contribution in [3.8, 4) is 5.75 Å². The van der Waals surface area contributed by atoms with Gasteiger partial charge < -0.3 is 20.7 Å². The minimum atomic E-state index is -0.242. The molecule has 1 aliphatic carbocycles. The molecule has 6 nitrogen and oxygen atoms in total. The van der Waals surface area contributed by atoms with Gasteiger partial charge in [0, 0.05) is 24.7 Å². The molecule has 0 heterocycles. The summed E-state index contributed by atoms with van der Waals surface area (Å²) in [5.41, 5.74) is 2.68. The predicted octanol–water partition coefficient (Wildman–Crippen LogP) is 3.04. The van der Waals surface area contributed by atoms with E-state index in [2.05, 4.69) is 16.0 Å². The highest BCUT2D eigenvalue weighted by Gasteiger charge is 2.29. The summed E-state index contributed by atoms with van der Waals surface area (Å²) in [4.78, 5) is 23.8. The van der Waals surface area contributed by atoms with Gasteiger partial charge in [-0.15, -0.1) is 0 Å². The molecule has 1 fully saturated rings. The van der Waals surface area contributed by atoms with Crippen molar-refractivity contribution in [3.63, 3.8) is 0 Å². The lowest BCUT2D eigenvalue weighted by Gasteiger charge is -2.10. The van der Waals surface area contributed by atoms with Gasteiger partial charge in [-0.05, 0) is 48.2 Å². The Morgan fingerprint density at radius 2 is 1.69 bits per heavy atom. The second-order valence-electron chi connectivity index (χ2n) is 6.35. The van der Waals surface area contributed by atoms with Crippen LogP contribution in [0, 0.1) is 5.92 Å². The summed E-state index contributed by atoms with van der Waals surface area (Å²) in [7, 11) is 1.62. The Bertz CT molecular complexity index is 770. The van der Waals surface area contributed by atoms with Gasteiger partial charge in [-0.1, -0.05) is 24.3 Å². The van der Waals surface area contributed by atoms with E-state index >= 15 is 0 Å². The first-order chi connectivity index (χ1) is 12.6. The largest absolute Gasteiger partial charge is 0.497 e. The lowest BCUT2D eigenvalue weighted by Crippen LogP contribution is -2.34. The van der Waals surface area contributed by atoms with Crippen LogP contribution in [0.2, 0.25) is 0 Å². The van der Waals surface area contributed by atoms with Gasteiger partial charge in [-0.3, -0.25) is 4.79 Å². The molecule has 2 aromatic carbocycles. The predicted molar refractivity (Wildman–Crippen MR) is 99.9 cm³/mol. The van der Waals surface area contributed by atoms with Crippen molar-refractivity contribution in [2.45, 2.75) is 25.9 Å². The number of anilines is 1. The number of nitrogens with one attached hydrogen (secondary N) is 3. The van der Waals surface area contributed by atoms with E-state index in [-0.39, 0.29) is 17.9 Å². The Hall–Kier alpha value is -3.02. The van der Waals surface area contributed by atoms with Crippen LogP contribution in [0.25, 0.3) is 0 Å².